The Bertz CT molecular complexity index is 1610. The van der Waals surface area contributed by atoms with E-state index in [0.717, 1.165) is 33.5 Å². The average molecular weight is 627 g/mol. The lowest BCUT2D eigenvalue weighted by Gasteiger charge is -2.33. The van der Waals surface area contributed by atoms with Gasteiger partial charge in [0.25, 0.3) is 22.7 Å². The number of hydrogen-bond acceptors (Lipinski definition) is 10. The Morgan fingerprint density at radius 2 is 1.81 bits per heavy atom. The second kappa shape index (κ2) is 12.6. The summed E-state index contributed by atoms with van der Waals surface area (Å²) < 4.78 is 78.0. The van der Waals surface area contributed by atoms with Crippen LogP contribution in [0.5, 0.6) is 0 Å². The Kier molecular flexibility index (Phi) is 9.07. The number of ether oxygens (including phenoxy) is 2. The van der Waals surface area contributed by atoms with Crippen molar-refractivity contribution in [2.45, 2.75) is 37.4 Å². The first-order chi connectivity index (χ1) is 20.3. The molecule has 1 aliphatic rings. The van der Waals surface area contributed by atoms with Gasteiger partial charge < -0.3 is 19.5 Å². The van der Waals surface area contributed by atoms with Gasteiger partial charge in [-0.05, 0) is 44.2 Å². The number of hydrazine groups is 1. The molecular weight excluding hydrogens is 601 g/mol. The van der Waals surface area contributed by atoms with Gasteiger partial charge in [-0.1, -0.05) is 29.8 Å². The molecule has 1 saturated heterocycles. The monoisotopic (exact) mass is 626 g/mol. The molecule has 0 aliphatic carbocycles. The minimum atomic E-state index is -4.72. The summed E-state index contributed by atoms with van der Waals surface area (Å²) in [7, 11) is -4.44. The largest absolute Gasteiger partial charge is 0.569 e. The number of aryl methyl sites for hydroxylation is 1. The fourth-order valence-corrected chi connectivity index (χ4v) is 4.88. The zero-order valence-corrected chi connectivity index (χ0v) is 23.5. The number of sulfonamides is 1. The normalized spacial score (nSPS) is 15.4. The zero-order valence-electron chi connectivity index (χ0n) is 22.6. The summed E-state index contributed by atoms with van der Waals surface area (Å²) in [6.45, 7) is 2.75. The Labute approximate surface area is 242 Å². The predicted octanol–water partition coefficient (Wildman–Crippen LogP) is 3.69. The summed E-state index contributed by atoms with van der Waals surface area (Å²) in [6, 6.07) is 11.1. The topological polar surface area (TPSA) is 167 Å². The van der Waals surface area contributed by atoms with Crippen LogP contribution in [0.3, 0.4) is 0 Å². The van der Waals surface area contributed by atoms with E-state index < -0.39 is 46.8 Å². The van der Waals surface area contributed by atoms with E-state index in [0.29, 0.717) is 5.56 Å². The van der Waals surface area contributed by atoms with Crippen molar-refractivity contribution >= 4 is 22.1 Å². The smallest absolute Gasteiger partial charge is 0.511 e. The van der Waals surface area contributed by atoms with Crippen molar-refractivity contribution in [2.24, 2.45) is 5.28 Å². The van der Waals surface area contributed by atoms with Gasteiger partial charge >= 0.3 is 12.3 Å². The number of rotatable bonds is 10. The number of nitrogens with zero attached hydrogens (tertiary/aromatic N) is 5. The number of carbonyl (C=O) groups excluding carboxylic acids is 2. The van der Waals surface area contributed by atoms with Crippen LogP contribution >= 0.6 is 0 Å². The standard InChI is InChI=1S/C25H25F3N6O8S/c1-3-40-24(36)41-15-42-31-34(37)32-13-12-20(32)23(35)30-43(38,39)19-10-8-18(9-11-19)33-21(14-22(29-33)25(26,27)28)17-6-4-16(2)5-7-17/h4-11,14,20H,3,12-13,15H2,1-2H3,(H,30,35)/b34-31-/t20-/m0/s1. The molecule has 1 atom stereocenters. The van der Waals surface area contributed by atoms with Crippen molar-refractivity contribution < 1.29 is 50.5 Å². The minimum absolute atomic E-state index is 0.0506. The maximum atomic E-state index is 13.5. The number of amides is 1. The molecule has 230 valence electrons. The highest BCUT2D eigenvalue weighted by molar-refractivity contribution is 7.90. The van der Waals surface area contributed by atoms with Crippen LogP contribution in [-0.2, 0) is 35.3 Å². The van der Waals surface area contributed by atoms with Crippen molar-refractivity contribution in [1.82, 2.24) is 19.5 Å². The molecule has 43 heavy (non-hydrogen) atoms. The summed E-state index contributed by atoms with van der Waals surface area (Å²) in [5.41, 5.74) is 0.494. The Balaban J connectivity index is 1.46. The molecule has 2 heterocycles. The molecule has 0 spiro atoms. The van der Waals surface area contributed by atoms with Gasteiger partial charge in [0, 0.05) is 12.0 Å². The van der Waals surface area contributed by atoms with Gasteiger partial charge in [0.2, 0.25) is 5.28 Å². The summed E-state index contributed by atoms with van der Waals surface area (Å²) in [6.07, 6.45) is -5.64. The molecule has 1 amide bonds. The van der Waals surface area contributed by atoms with Crippen molar-refractivity contribution in [1.29, 1.82) is 0 Å². The third kappa shape index (κ3) is 7.32. The number of alkyl halides is 3. The number of nitrogens with one attached hydrogen (secondary N) is 1. The van der Waals surface area contributed by atoms with Gasteiger partial charge in [0.15, 0.2) is 11.7 Å². The molecule has 1 fully saturated rings. The second-order valence-electron chi connectivity index (χ2n) is 9.03. The number of halogens is 3. The van der Waals surface area contributed by atoms with Gasteiger partial charge in [-0.25, -0.2) is 22.6 Å². The lowest BCUT2D eigenvalue weighted by Crippen LogP contribution is -2.59. The van der Waals surface area contributed by atoms with E-state index in [4.69, 9.17) is 0 Å². The minimum Gasteiger partial charge on any atom is -0.569 e. The summed E-state index contributed by atoms with van der Waals surface area (Å²) in [5, 5.41) is 19.8. The summed E-state index contributed by atoms with van der Waals surface area (Å²) >= 11 is 0. The molecule has 14 nitrogen and oxygen atoms in total. The molecule has 0 bridgehead atoms. The summed E-state index contributed by atoms with van der Waals surface area (Å²) in [4.78, 5) is 27.8. The lowest BCUT2D eigenvalue weighted by atomic mass is 10.1. The molecule has 0 radical (unpaired) electrons. The van der Waals surface area contributed by atoms with Crippen molar-refractivity contribution in [3.63, 3.8) is 0 Å². The van der Waals surface area contributed by atoms with E-state index in [9.17, 15) is 36.4 Å². The second-order valence-corrected chi connectivity index (χ2v) is 10.7. The lowest BCUT2D eigenvalue weighted by molar-refractivity contribution is -0.729. The zero-order chi connectivity index (χ0) is 31.4. The van der Waals surface area contributed by atoms with E-state index in [1.807, 2.05) is 11.6 Å². The molecule has 3 aromatic rings. The first kappa shape index (κ1) is 31.1. The maximum Gasteiger partial charge on any atom is 0.511 e. The first-order valence-corrected chi connectivity index (χ1v) is 14.1. The molecule has 1 aliphatic heterocycles. The highest BCUT2D eigenvalue weighted by Crippen LogP contribution is 2.33. The third-order valence-electron chi connectivity index (χ3n) is 6.11. The highest BCUT2D eigenvalue weighted by Gasteiger charge is 2.42. The Morgan fingerprint density at radius 1 is 1.14 bits per heavy atom. The molecular formula is C25H25F3N6O8S. The van der Waals surface area contributed by atoms with Gasteiger partial charge in [-0.3, -0.25) is 4.79 Å². The number of benzene rings is 2. The molecule has 4 rings (SSSR count). The molecule has 1 aromatic heterocycles. The molecule has 0 saturated carbocycles. The van der Waals surface area contributed by atoms with Crippen LogP contribution in [0.1, 0.15) is 24.6 Å². The molecule has 1 N–H and O–H groups in total. The van der Waals surface area contributed by atoms with Crippen molar-refractivity contribution in [3.8, 4) is 16.9 Å². The van der Waals surface area contributed by atoms with Crippen LogP contribution in [0, 0.1) is 12.1 Å². The third-order valence-corrected chi connectivity index (χ3v) is 7.47. The molecule has 0 unspecified atom stereocenters. The predicted molar refractivity (Wildman–Crippen MR) is 139 cm³/mol. The van der Waals surface area contributed by atoms with Gasteiger partial charge in [-0.15, -0.1) is 5.01 Å². The fraction of sp³-hybridized carbons (Fsp3) is 0.320. The van der Waals surface area contributed by atoms with Gasteiger partial charge in [0.05, 0.1) is 34.4 Å². The number of hydrogen-bond donors (Lipinski definition) is 1. The van der Waals surface area contributed by atoms with E-state index in [-0.39, 0.29) is 40.8 Å². The molecule has 18 heteroatoms. The van der Waals surface area contributed by atoms with Crippen molar-refractivity contribution in [3.05, 3.63) is 71.1 Å². The first-order valence-electron chi connectivity index (χ1n) is 12.6. The fourth-order valence-electron chi connectivity index (χ4n) is 3.87. The van der Waals surface area contributed by atoms with Crippen LogP contribution in [0.25, 0.3) is 16.9 Å². The number of aromatic nitrogens is 2. The Morgan fingerprint density at radius 3 is 2.40 bits per heavy atom. The Hall–Kier alpha value is -4.87. The van der Waals surface area contributed by atoms with Crippen LogP contribution in [0.4, 0.5) is 18.0 Å². The quantitative estimate of drug-likeness (QED) is 0.0875. The SMILES string of the molecule is CCOC(=O)OCO/N=[N+](\[O-])N1CC[C@H]1C(=O)NS(=O)(=O)c1ccc(-n2nc(C(F)(F)F)cc2-c2ccc(C)cc2)cc1. The van der Waals surface area contributed by atoms with Gasteiger partial charge in [0.1, 0.15) is 0 Å². The van der Waals surface area contributed by atoms with E-state index in [2.05, 4.69) is 24.7 Å². The van der Waals surface area contributed by atoms with Crippen LogP contribution in [0.15, 0.2) is 64.8 Å². The highest BCUT2D eigenvalue weighted by atomic mass is 32.2. The number of carbonyl (C=O) groups is 2. The van der Waals surface area contributed by atoms with Crippen LogP contribution < -0.4 is 4.72 Å². The van der Waals surface area contributed by atoms with E-state index >= 15 is 0 Å². The van der Waals surface area contributed by atoms with E-state index in [1.165, 1.54) is 12.1 Å². The van der Waals surface area contributed by atoms with E-state index in [1.54, 1.807) is 31.2 Å². The van der Waals surface area contributed by atoms with Gasteiger partial charge in [-0.2, -0.15) is 18.3 Å². The summed E-state index contributed by atoms with van der Waals surface area (Å²) in [5.74, 6) is -1.03. The van der Waals surface area contributed by atoms with Crippen LogP contribution in [-0.4, -0.2) is 66.2 Å². The van der Waals surface area contributed by atoms with Crippen molar-refractivity contribution in [2.75, 3.05) is 19.9 Å². The maximum absolute atomic E-state index is 13.5. The molecule has 2 aromatic carbocycles. The van der Waals surface area contributed by atoms with Crippen LogP contribution in [0.2, 0.25) is 0 Å². The average Bonchev–Trinajstić information content (AvgIpc) is 3.37.